The largest absolute Gasteiger partial charge is 0.493 e. The number of hydrogen-bond donors (Lipinski definition) is 0. The maximum atomic E-state index is 3.30. The number of hydrogen-bond acceptors (Lipinski definition) is 0. The summed E-state index contributed by atoms with van der Waals surface area (Å²) in [5.74, 6) is 0. The third kappa shape index (κ3) is 7.51. The van der Waals surface area contributed by atoms with E-state index in [9.17, 15) is 0 Å². The molecular formula is C17H22Ru-2. The molecule has 0 saturated carbocycles. The van der Waals surface area contributed by atoms with Gasteiger partial charge in [0, 0.05) is 19.5 Å². The second-order valence-electron chi connectivity index (χ2n) is 4.04. The van der Waals surface area contributed by atoms with Gasteiger partial charge in [-0.2, -0.15) is 30.5 Å². The molecule has 0 N–H and O–H groups in total. The predicted octanol–water partition coefficient (Wildman–Crippen LogP) is 5.12. The van der Waals surface area contributed by atoms with Crippen molar-refractivity contribution >= 4 is 0 Å². The zero-order valence-corrected chi connectivity index (χ0v) is 13.0. The van der Waals surface area contributed by atoms with Crippen LogP contribution in [0.4, 0.5) is 0 Å². The molecule has 1 aliphatic rings. The summed E-state index contributed by atoms with van der Waals surface area (Å²) in [6.45, 7) is 4.33. The van der Waals surface area contributed by atoms with Crippen molar-refractivity contribution in [3.8, 4) is 0 Å². The van der Waals surface area contributed by atoms with E-state index in [4.69, 9.17) is 0 Å². The van der Waals surface area contributed by atoms with Crippen LogP contribution in [-0.2, 0) is 19.5 Å². The molecule has 0 aromatic heterocycles. The van der Waals surface area contributed by atoms with Gasteiger partial charge in [0.1, 0.15) is 0 Å². The van der Waals surface area contributed by atoms with E-state index in [1.54, 1.807) is 0 Å². The van der Waals surface area contributed by atoms with Crippen molar-refractivity contribution in [2.75, 3.05) is 0 Å². The Morgan fingerprint density at radius 2 is 1.83 bits per heavy atom. The zero-order chi connectivity index (χ0) is 12.3. The van der Waals surface area contributed by atoms with E-state index in [1.165, 1.54) is 17.6 Å². The van der Waals surface area contributed by atoms with E-state index < -0.39 is 0 Å². The van der Waals surface area contributed by atoms with Crippen LogP contribution < -0.4 is 0 Å². The molecule has 0 bridgehead atoms. The second kappa shape index (κ2) is 11.3. The Bertz CT molecular complexity index is 349. The summed E-state index contributed by atoms with van der Waals surface area (Å²) in [4.78, 5) is 0. The molecule has 0 aliphatic heterocycles. The third-order valence-electron chi connectivity index (χ3n) is 2.67. The van der Waals surface area contributed by atoms with Crippen LogP contribution in [0.25, 0.3) is 0 Å². The molecule has 1 aromatic rings. The van der Waals surface area contributed by atoms with Crippen molar-refractivity contribution in [2.45, 2.75) is 39.5 Å². The first kappa shape index (κ1) is 17.2. The van der Waals surface area contributed by atoms with Crippen LogP contribution in [0.1, 0.15) is 45.1 Å². The van der Waals surface area contributed by atoms with Crippen LogP contribution in [0.3, 0.4) is 0 Å². The van der Waals surface area contributed by atoms with Gasteiger partial charge in [-0.3, -0.25) is 5.57 Å². The summed E-state index contributed by atoms with van der Waals surface area (Å²) in [6, 6.07) is 10.4. The molecular weight excluding hydrogens is 305 g/mol. The van der Waals surface area contributed by atoms with Gasteiger partial charge in [-0.1, -0.05) is 38.8 Å². The van der Waals surface area contributed by atoms with Gasteiger partial charge in [-0.15, -0.1) is 18.2 Å². The summed E-state index contributed by atoms with van der Waals surface area (Å²) in [6.07, 6.45) is 14.3. The van der Waals surface area contributed by atoms with Crippen LogP contribution >= 0.6 is 0 Å². The van der Waals surface area contributed by atoms with Crippen molar-refractivity contribution in [3.05, 3.63) is 66.1 Å². The molecule has 100 valence electrons. The fourth-order valence-corrected chi connectivity index (χ4v) is 1.68. The molecule has 0 fully saturated rings. The van der Waals surface area contributed by atoms with Crippen LogP contribution in [0.15, 0.2) is 48.1 Å². The van der Waals surface area contributed by atoms with Crippen molar-refractivity contribution in [1.29, 1.82) is 0 Å². The van der Waals surface area contributed by atoms with Gasteiger partial charge >= 0.3 is 0 Å². The summed E-state index contributed by atoms with van der Waals surface area (Å²) in [7, 11) is 0. The smallest absolute Gasteiger partial charge is 0 e. The Morgan fingerprint density at radius 3 is 2.28 bits per heavy atom. The Hall–Kier alpha value is -0.807. The summed E-state index contributed by atoms with van der Waals surface area (Å²) in [5, 5.41) is 0. The number of allylic oxidation sites excluding steroid dienone is 4. The van der Waals surface area contributed by atoms with Gasteiger partial charge in [0.25, 0.3) is 0 Å². The van der Waals surface area contributed by atoms with Crippen LogP contribution in [-0.4, -0.2) is 0 Å². The summed E-state index contributed by atoms with van der Waals surface area (Å²) >= 11 is 0. The van der Waals surface area contributed by atoms with Crippen LogP contribution in [0.2, 0.25) is 0 Å². The minimum atomic E-state index is 0. The van der Waals surface area contributed by atoms with Crippen LogP contribution in [0, 0.1) is 12.5 Å². The molecule has 1 heteroatoms. The van der Waals surface area contributed by atoms with Crippen molar-refractivity contribution in [2.24, 2.45) is 0 Å². The topological polar surface area (TPSA) is 0 Å². The average molecular weight is 327 g/mol. The molecule has 0 atom stereocenters. The average Bonchev–Trinajstić information content (AvgIpc) is 2.42. The Labute approximate surface area is 125 Å². The van der Waals surface area contributed by atoms with E-state index in [1.807, 2.05) is 6.07 Å². The van der Waals surface area contributed by atoms with Crippen LogP contribution in [0.5, 0.6) is 0 Å². The standard InChI is InChI=1S/C9H11.C8H11.Ru/c1-2-6-9-7-4-3-5-8-9;1-2-8-6-4-3-5-7-8;/h3-8H,2H2,1H3;3-4H,2,5-6H2,1H3;/q2*-1;. The molecule has 1 aliphatic carbocycles. The maximum Gasteiger partial charge on any atom is 0 e. The monoisotopic (exact) mass is 328 g/mol. The van der Waals surface area contributed by atoms with Gasteiger partial charge in [-0.05, 0) is 6.42 Å². The van der Waals surface area contributed by atoms with Gasteiger partial charge < -0.3 is 6.08 Å². The molecule has 0 nitrogen and oxygen atoms in total. The minimum Gasteiger partial charge on any atom is -0.493 e. The summed E-state index contributed by atoms with van der Waals surface area (Å²) < 4.78 is 0. The number of rotatable bonds is 3. The summed E-state index contributed by atoms with van der Waals surface area (Å²) in [5.41, 5.74) is 2.78. The van der Waals surface area contributed by atoms with E-state index in [2.05, 4.69) is 62.8 Å². The molecule has 0 unspecified atom stereocenters. The predicted molar refractivity (Wildman–Crippen MR) is 75.6 cm³/mol. The number of benzene rings is 1. The fourth-order valence-electron chi connectivity index (χ4n) is 1.68. The normalized spacial score (nSPS) is 12.7. The molecule has 18 heavy (non-hydrogen) atoms. The first-order chi connectivity index (χ1) is 8.36. The van der Waals surface area contributed by atoms with E-state index in [0.29, 0.717) is 0 Å². The quantitative estimate of drug-likeness (QED) is 0.410. The Kier molecular flexibility index (Phi) is 10.8. The Balaban J connectivity index is 0.000000306. The van der Waals surface area contributed by atoms with Gasteiger partial charge in [0.05, 0.1) is 0 Å². The molecule has 0 spiro atoms. The SMILES string of the molecule is CCC1=[C-]CC=CC1.CC[CH-]c1ccccc1.[Ru]. The fraction of sp³-hybridized carbons (Fsp3) is 0.353. The molecule has 0 heterocycles. The van der Waals surface area contributed by atoms with E-state index >= 15 is 0 Å². The van der Waals surface area contributed by atoms with Gasteiger partial charge in [0.2, 0.25) is 0 Å². The van der Waals surface area contributed by atoms with E-state index in [-0.39, 0.29) is 19.5 Å². The molecule has 0 amide bonds. The van der Waals surface area contributed by atoms with Crippen molar-refractivity contribution < 1.29 is 19.5 Å². The molecule has 1 aromatic carbocycles. The van der Waals surface area contributed by atoms with Gasteiger partial charge in [0.15, 0.2) is 0 Å². The first-order valence-electron chi connectivity index (χ1n) is 6.48. The first-order valence-corrected chi connectivity index (χ1v) is 6.48. The second-order valence-corrected chi connectivity index (χ2v) is 4.04. The molecule has 0 saturated heterocycles. The molecule has 2 rings (SSSR count). The maximum absolute atomic E-state index is 3.30. The Morgan fingerprint density at radius 1 is 1.11 bits per heavy atom. The minimum absolute atomic E-state index is 0. The van der Waals surface area contributed by atoms with Gasteiger partial charge in [-0.25, -0.2) is 0 Å². The zero-order valence-electron chi connectivity index (χ0n) is 11.3. The van der Waals surface area contributed by atoms with Crippen molar-refractivity contribution in [1.82, 2.24) is 0 Å². The van der Waals surface area contributed by atoms with E-state index in [0.717, 1.165) is 19.3 Å². The third-order valence-corrected chi connectivity index (χ3v) is 2.67. The molecule has 0 radical (unpaired) electrons. The van der Waals surface area contributed by atoms with Crippen molar-refractivity contribution in [3.63, 3.8) is 0 Å².